The molecule has 0 aliphatic carbocycles. The lowest BCUT2D eigenvalue weighted by atomic mass is 10.0. The van der Waals surface area contributed by atoms with Crippen molar-refractivity contribution in [2.75, 3.05) is 6.61 Å². The van der Waals surface area contributed by atoms with Crippen LogP contribution in [0, 0.1) is 0 Å². The van der Waals surface area contributed by atoms with Gasteiger partial charge in [-0.05, 0) is 41.8 Å². The third-order valence-electron chi connectivity index (χ3n) is 4.67. The first-order chi connectivity index (χ1) is 13.8. The average Bonchev–Trinajstić information content (AvgIpc) is 3.15. The maximum atomic E-state index is 10.9. The van der Waals surface area contributed by atoms with Gasteiger partial charge in [-0.15, -0.1) is 11.3 Å². The van der Waals surface area contributed by atoms with E-state index in [0.29, 0.717) is 18.8 Å². The largest absolute Gasteiger partial charge is 0.488 e. The summed E-state index contributed by atoms with van der Waals surface area (Å²) in [6, 6.07) is 18.5. The summed E-state index contributed by atoms with van der Waals surface area (Å²) in [5.41, 5.74) is 4.13. The van der Waals surface area contributed by atoms with Crippen LogP contribution in [-0.2, 0) is 17.8 Å². The van der Waals surface area contributed by atoms with Crippen molar-refractivity contribution in [2.24, 2.45) is 0 Å². The Morgan fingerprint density at radius 1 is 1.14 bits per heavy atom. The molecule has 0 N–H and O–H groups in total. The van der Waals surface area contributed by atoms with Gasteiger partial charge < -0.3 is 9.47 Å². The predicted molar refractivity (Wildman–Crippen MR) is 114 cm³/mol. The molecule has 2 aromatic carbocycles. The fraction of sp³-hybridized carbons (Fsp3) is 0.208. The quantitative estimate of drug-likeness (QED) is 0.470. The zero-order valence-corrected chi connectivity index (χ0v) is 16.6. The summed E-state index contributed by atoms with van der Waals surface area (Å²) < 4.78 is 11.7. The number of hydrogen-bond acceptors (Lipinski definition) is 4. The van der Waals surface area contributed by atoms with Gasteiger partial charge in [-0.1, -0.05) is 43.7 Å². The summed E-state index contributed by atoms with van der Waals surface area (Å²) >= 11 is 1.83. The Morgan fingerprint density at radius 2 is 2.00 bits per heavy atom. The molecule has 0 fully saturated rings. The van der Waals surface area contributed by atoms with Crippen LogP contribution < -0.4 is 9.47 Å². The fourth-order valence-corrected chi connectivity index (χ4v) is 4.51. The van der Waals surface area contributed by atoms with Crippen LogP contribution in [0.5, 0.6) is 11.5 Å². The number of carbonyl (C=O) groups excluding carboxylic acids is 1. The molecule has 1 aliphatic rings. The second-order valence-electron chi connectivity index (χ2n) is 6.78. The second kappa shape index (κ2) is 8.44. The number of carbonyl (C=O) groups is 1. The number of aryl methyl sites for hydroxylation is 1. The highest BCUT2D eigenvalue weighted by atomic mass is 32.1. The van der Waals surface area contributed by atoms with Crippen LogP contribution in [0.1, 0.15) is 28.7 Å². The van der Waals surface area contributed by atoms with Crippen LogP contribution >= 0.6 is 11.3 Å². The van der Waals surface area contributed by atoms with Gasteiger partial charge >= 0.3 is 0 Å². The first-order valence-corrected chi connectivity index (χ1v) is 10.3. The zero-order valence-electron chi connectivity index (χ0n) is 15.8. The minimum absolute atomic E-state index is 0.311. The number of thiophene rings is 1. The van der Waals surface area contributed by atoms with Crippen LogP contribution in [-0.4, -0.2) is 12.9 Å². The minimum Gasteiger partial charge on any atom is -0.488 e. The summed E-state index contributed by atoms with van der Waals surface area (Å²) in [5, 5.41) is 0. The minimum atomic E-state index is 0.311. The first-order valence-electron chi connectivity index (χ1n) is 9.49. The molecule has 4 rings (SSSR count). The van der Waals surface area contributed by atoms with Crippen molar-refractivity contribution in [2.45, 2.75) is 26.4 Å². The van der Waals surface area contributed by atoms with E-state index in [1.54, 1.807) is 0 Å². The van der Waals surface area contributed by atoms with Crippen molar-refractivity contribution in [3.63, 3.8) is 0 Å². The molecule has 3 nitrogen and oxygen atoms in total. The van der Waals surface area contributed by atoms with Gasteiger partial charge in [0.15, 0.2) is 0 Å². The SMILES string of the molecule is CCCc1sc(COc2ccc3c(c2)OCC(C=O)=C3)cc1-c1ccccc1. The van der Waals surface area contributed by atoms with E-state index in [1.807, 2.05) is 41.7 Å². The van der Waals surface area contributed by atoms with Gasteiger partial charge in [0, 0.05) is 27.0 Å². The van der Waals surface area contributed by atoms with Crippen molar-refractivity contribution in [3.8, 4) is 22.6 Å². The summed E-state index contributed by atoms with van der Waals surface area (Å²) in [7, 11) is 0. The number of fused-ring (bicyclic) bond motifs is 1. The molecule has 0 spiro atoms. The van der Waals surface area contributed by atoms with Gasteiger partial charge in [0.2, 0.25) is 0 Å². The third-order valence-corrected chi connectivity index (χ3v) is 5.84. The molecular formula is C24H22O3S. The van der Waals surface area contributed by atoms with Crippen LogP contribution in [0.15, 0.2) is 60.2 Å². The van der Waals surface area contributed by atoms with E-state index in [1.165, 1.54) is 20.9 Å². The summed E-state index contributed by atoms with van der Waals surface area (Å²) in [6.45, 7) is 3.05. The summed E-state index contributed by atoms with van der Waals surface area (Å²) in [5.74, 6) is 1.53. The topological polar surface area (TPSA) is 35.5 Å². The molecule has 0 radical (unpaired) electrons. The smallest absolute Gasteiger partial charge is 0.149 e. The molecule has 0 unspecified atom stereocenters. The predicted octanol–water partition coefficient (Wildman–Crippen LogP) is 5.92. The van der Waals surface area contributed by atoms with E-state index >= 15 is 0 Å². The lowest BCUT2D eigenvalue weighted by molar-refractivity contribution is -0.105. The Morgan fingerprint density at radius 3 is 2.79 bits per heavy atom. The molecule has 1 aromatic heterocycles. The van der Waals surface area contributed by atoms with Gasteiger partial charge in [0.25, 0.3) is 0 Å². The van der Waals surface area contributed by atoms with Crippen molar-refractivity contribution < 1.29 is 14.3 Å². The zero-order chi connectivity index (χ0) is 19.3. The molecule has 0 saturated carbocycles. The number of ether oxygens (including phenoxy) is 2. The van der Waals surface area contributed by atoms with Gasteiger partial charge in [-0.25, -0.2) is 0 Å². The van der Waals surface area contributed by atoms with E-state index in [0.717, 1.165) is 36.2 Å². The van der Waals surface area contributed by atoms with Crippen molar-refractivity contribution in [1.82, 2.24) is 0 Å². The number of aldehydes is 1. The van der Waals surface area contributed by atoms with E-state index < -0.39 is 0 Å². The molecule has 1 aliphatic heterocycles. The lowest BCUT2D eigenvalue weighted by Gasteiger charge is -2.16. The molecule has 0 saturated heterocycles. The normalized spacial score (nSPS) is 12.7. The van der Waals surface area contributed by atoms with Crippen molar-refractivity contribution >= 4 is 23.7 Å². The Labute approximate surface area is 169 Å². The summed E-state index contributed by atoms with van der Waals surface area (Å²) in [6.07, 6.45) is 4.90. The average molecular weight is 391 g/mol. The van der Waals surface area contributed by atoms with Gasteiger partial charge in [0.05, 0.1) is 0 Å². The number of rotatable bonds is 7. The molecule has 142 valence electrons. The lowest BCUT2D eigenvalue weighted by Crippen LogP contribution is -2.08. The van der Waals surface area contributed by atoms with E-state index in [9.17, 15) is 4.79 Å². The molecule has 4 heteroatoms. The van der Waals surface area contributed by atoms with Crippen molar-refractivity contribution in [3.05, 3.63) is 75.5 Å². The monoisotopic (exact) mass is 390 g/mol. The van der Waals surface area contributed by atoms with Crippen LogP contribution in [0.4, 0.5) is 0 Å². The molecule has 2 heterocycles. The Bertz CT molecular complexity index is 1000. The van der Waals surface area contributed by atoms with Gasteiger partial charge in [-0.3, -0.25) is 4.79 Å². The molecule has 0 bridgehead atoms. The molecular weight excluding hydrogens is 368 g/mol. The number of hydrogen-bond donors (Lipinski definition) is 0. The Balaban J connectivity index is 1.51. The van der Waals surface area contributed by atoms with E-state index in [-0.39, 0.29) is 0 Å². The fourth-order valence-electron chi connectivity index (χ4n) is 3.30. The molecule has 3 aromatic rings. The van der Waals surface area contributed by atoms with Crippen LogP contribution in [0.3, 0.4) is 0 Å². The van der Waals surface area contributed by atoms with Gasteiger partial charge in [-0.2, -0.15) is 0 Å². The number of benzene rings is 2. The summed E-state index contributed by atoms with van der Waals surface area (Å²) in [4.78, 5) is 13.5. The van der Waals surface area contributed by atoms with E-state index in [2.05, 4.69) is 37.3 Å². The Hall–Kier alpha value is -2.85. The van der Waals surface area contributed by atoms with Crippen LogP contribution in [0.25, 0.3) is 17.2 Å². The van der Waals surface area contributed by atoms with E-state index in [4.69, 9.17) is 9.47 Å². The third kappa shape index (κ3) is 4.02. The maximum Gasteiger partial charge on any atom is 0.149 e. The standard InChI is InChI=1S/C24H22O3S/c1-2-6-24-22(18-7-4-3-5-8-18)13-21(28-24)16-26-20-10-9-19-11-17(14-25)15-27-23(19)12-20/h3-5,7-14H,2,6,15-16H2,1H3. The molecule has 0 amide bonds. The maximum absolute atomic E-state index is 10.9. The highest BCUT2D eigenvalue weighted by molar-refractivity contribution is 7.12. The molecule has 0 atom stereocenters. The van der Waals surface area contributed by atoms with Crippen molar-refractivity contribution in [1.29, 1.82) is 0 Å². The van der Waals surface area contributed by atoms with Gasteiger partial charge in [0.1, 0.15) is 31.0 Å². The van der Waals surface area contributed by atoms with Crippen LogP contribution in [0.2, 0.25) is 0 Å². The first kappa shape index (κ1) is 18.5. The highest BCUT2D eigenvalue weighted by Gasteiger charge is 2.14. The Kier molecular flexibility index (Phi) is 5.58. The molecule has 28 heavy (non-hydrogen) atoms. The second-order valence-corrected chi connectivity index (χ2v) is 8.00. The highest BCUT2D eigenvalue weighted by Crippen LogP contribution is 2.34.